The number of rotatable bonds is 10. The molecule has 1 aromatic rings. The molecule has 0 aromatic carbocycles. The standard InChI is InChI=1S/C18H32N2O2/c1-5-7-9-11-13-15(12-10-8-6-2)16-14-19(3)18(22)20(4)17(16)21/h14-15H,5-13H2,1-4H3. The summed E-state index contributed by atoms with van der Waals surface area (Å²) in [6, 6.07) is 0. The Labute approximate surface area is 134 Å². The normalized spacial score (nSPS) is 12.5. The summed E-state index contributed by atoms with van der Waals surface area (Å²) in [5.74, 6) is 0.286. The van der Waals surface area contributed by atoms with Crippen molar-refractivity contribution in [1.82, 2.24) is 9.13 Å². The molecule has 0 saturated carbocycles. The van der Waals surface area contributed by atoms with E-state index in [1.165, 1.54) is 41.2 Å². The van der Waals surface area contributed by atoms with E-state index in [0.29, 0.717) is 0 Å². The van der Waals surface area contributed by atoms with E-state index >= 15 is 0 Å². The zero-order valence-corrected chi connectivity index (χ0v) is 14.7. The maximum Gasteiger partial charge on any atom is 0.330 e. The SMILES string of the molecule is CCCCCCC(CCCCC)c1cn(C)c(=O)n(C)c1=O. The Morgan fingerprint density at radius 3 is 2.05 bits per heavy atom. The zero-order valence-electron chi connectivity index (χ0n) is 14.7. The van der Waals surface area contributed by atoms with Gasteiger partial charge in [0.05, 0.1) is 0 Å². The van der Waals surface area contributed by atoms with Crippen molar-refractivity contribution in [3.63, 3.8) is 0 Å². The molecule has 1 heterocycles. The molecule has 126 valence electrons. The fourth-order valence-corrected chi connectivity index (χ4v) is 3.03. The summed E-state index contributed by atoms with van der Waals surface area (Å²) in [6.07, 6.45) is 12.3. The van der Waals surface area contributed by atoms with Gasteiger partial charge in [-0.15, -0.1) is 0 Å². The highest BCUT2D eigenvalue weighted by Gasteiger charge is 2.17. The molecule has 0 spiro atoms. The van der Waals surface area contributed by atoms with E-state index in [0.717, 1.165) is 31.2 Å². The summed E-state index contributed by atoms with van der Waals surface area (Å²) in [6.45, 7) is 4.41. The lowest BCUT2D eigenvalue weighted by molar-refractivity contribution is 0.488. The lowest BCUT2D eigenvalue weighted by Crippen LogP contribution is -2.39. The van der Waals surface area contributed by atoms with Crippen molar-refractivity contribution in [2.24, 2.45) is 14.1 Å². The summed E-state index contributed by atoms with van der Waals surface area (Å²) in [7, 11) is 3.31. The second-order valence-electron chi connectivity index (χ2n) is 6.38. The molecule has 4 nitrogen and oxygen atoms in total. The highest BCUT2D eigenvalue weighted by molar-refractivity contribution is 5.12. The van der Waals surface area contributed by atoms with Crippen LogP contribution in [0.2, 0.25) is 0 Å². The maximum atomic E-state index is 12.5. The highest BCUT2D eigenvalue weighted by Crippen LogP contribution is 2.26. The van der Waals surface area contributed by atoms with Crippen molar-refractivity contribution >= 4 is 0 Å². The molecule has 0 aliphatic carbocycles. The van der Waals surface area contributed by atoms with Gasteiger partial charge in [-0.25, -0.2) is 4.79 Å². The van der Waals surface area contributed by atoms with E-state index < -0.39 is 0 Å². The quantitative estimate of drug-likeness (QED) is 0.618. The zero-order chi connectivity index (χ0) is 16.5. The van der Waals surface area contributed by atoms with E-state index in [4.69, 9.17) is 0 Å². The minimum atomic E-state index is -0.243. The number of unbranched alkanes of at least 4 members (excludes halogenated alkanes) is 5. The van der Waals surface area contributed by atoms with E-state index in [-0.39, 0.29) is 17.2 Å². The number of aromatic nitrogens is 2. The molecule has 1 rings (SSSR count). The van der Waals surface area contributed by atoms with Crippen molar-refractivity contribution in [2.75, 3.05) is 0 Å². The fraction of sp³-hybridized carbons (Fsp3) is 0.778. The van der Waals surface area contributed by atoms with Crippen LogP contribution in [0.3, 0.4) is 0 Å². The smallest absolute Gasteiger partial charge is 0.303 e. The summed E-state index contributed by atoms with van der Waals surface area (Å²) >= 11 is 0. The molecule has 0 radical (unpaired) electrons. The molecule has 1 unspecified atom stereocenters. The van der Waals surface area contributed by atoms with E-state index in [1.807, 2.05) is 0 Å². The average Bonchev–Trinajstić information content (AvgIpc) is 2.51. The Kier molecular flexibility index (Phi) is 8.21. The first kappa shape index (κ1) is 18.7. The number of nitrogens with zero attached hydrogens (tertiary/aromatic N) is 2. The third-order valence-electron chi connectivity index (χ3n) is 4.48. The Morgan fingerprint density at radius 1 is 0.909 bits per heavy atom. The van der Waals surface area contributed by atoms with Gasteiger partial charge in [-0.1, -0.05) is 58.8 Å². The van der Waals surface area contributed by atoms with Gasteiger partial charge >= 0.3 is 5.69 Å². The van der Waals surface area contributed by atoms with Crippen molar-refractivity contribution in [1.29, 1.82) is 0 Å². The van der Waals surface area contributed by atoms with Crippen LogP contribution in [0.5, 0.6) is 0 Å². The molecular weight excluding hydrogens is 276 g/mol. The van der Waals surface area contributed by atoms with Gasteiger partial charge in [-0.3, -0.25) is 9.36 Å². The average molecular weight is 308 g/mol. The molecule has 0 bridgehead atoms. The first-order valence-corrected chi connectivity index (χ1v) is 8.79. The summed E-state index contributed by atoms with van der Waals surface area (Å²) in [5.41, 5.74) is 0.462. The van der Waals surface area contributed by atoms with E-state index in [1.54, 1.807) is 20.3 Å². The number of hydrogen-bond donors (Lipinski definition) is 0. The lowest BCUT2D eigenvalue weighted by atomic mass is 9.89. The predicted molar refractivity (Wildman–Crippen MR) is 92.6 cm³/mol. The van der Waals surface area contributed by atoms with Crippen molar-refractivity contribution in [3.05, 3.63) is 32.6 Å². The van der Waals surface area contributed by atoms with Crippen LogP contribution in [0.15, 0.2) is 15.8 Å². The molecule has 0 amide bonds. The first-order chi connectivity index (χ1) is 10.5. The van der Waals surface area contributed by atoms with Crippen LogP contribution in [0.25, 0.3) is 0 Å². The van der Waals surface area contributed by atoms with Crippen LogP contribution in [0.4, 0.5) is 0 Å². The second-order valence-corrected chi connectivity index (χ2v) is 6.38. The van der Waals surface area contributed by atoms with Crippen molar-refractivity contribution < 1.29 is 0 Å². The van der Waals surface area contributed by atoms with Gasteiger partial charge in [0.25, 0.3) is 5.56 Å². The molecular formula is C18H32N2O2. The van der Waals surface area contributed by atoms with Crippen molar-refractivity contribution in [3.8, 4) is 0 Å². The van der Waals surface area contributed by atoms with Gasteiger partial charge in [0.15, 0.2) is 0 Å². The Bertz CT molecular complexity index is 557. The second kappa shape index (κ2) is 9.65. The van der Waals surface area contributed by atoms with Gasteiger partial charge in [0, 0.05) is 25.9 Å². The number of aryl methyl sites for hydroxylation is 1. The van der Waals surface area contributed by atoms with Crippen LogP contribution in [-0.4, -0.2) is 9.13 Å². The van der Waals surface area contributed by atoms with Crippen LogP contribution in [-0.2, 0) is 14.1 Å². The summed E-state index contributed by atoms with van der Waals surface area (Å²) < 4.78 is 2.78. The highest BCUT2D eigenvalue weighted by atomic mass is 16.2. The van der Waals surface area contributed by atoms with E-state index in [2.05, 4.69) is 13.8 Å². The van der Waals surface area contributed by atoms with Crippen LogP contribution in [0.1, 0.15) is 83.1 Å². The predicted octanol–water partition coefficient (Wildman–Crippen LogP) is 3.72. The molecule has 0 saturated heterocycles. The summed E-state index contributed by atoms with van der Waals surface area (Å²) in [4.78, 5) is 24.3. The monoisotopic (exact) mass is 308 g/mol. The molecule has 0 N–H and O–H groups in total. The first-order valence-electron chi connectivity index (χ1n) is 8.79. The van der Waals surface area contributed by atoms with Crippen LogP contribution < -0.4 is 11.2 Å². The van der Waals surface area contributed by atoms with Gasteiger partial charge in [-0.2, -0.15) is 0 Å². The lowest BCUT2D eigenvalue weighted by Gasteiger charge is -2.18. The molecule has 22 heavy (non-hydrogen) atoms. The molecule has 0 aliphatic rings. The Hall–Kier alpha value is -1.32. The minimum Gasteiger partial charge on any atom is -0.303 e. The van der Waals surface area contributed by atoms with Gasteiger partial charge < -0.3 is 4.57 Å². The van der Waals surface area contributed by atoms with Gasteiger partial charge in [0.1, 0.15) is 0 Å². The van der Waals surface area contributed by atoms with Gasteiger partial charge in [-0.05, 0) is 18.8 Å². The Morgan fingerprint density at radius 2 is 1.45 bits per heavy atom. The third kappa shape index (κ3) is 5.15. The van der Waals surface area contributed by atoms with Crippen LogP contribution >= 0.6 is 0 Å². The summed E-state index contributed by atoms with van der Waals surface area (Å²) in [5, 5.41) is 0. The molecule has 1 atom stereocenters. The van der Waals surface area contributed by atoms with Gasteiger partial charge in [0.2, 0.25) is 0 Å². The topological polar surface area (TPSA) is 44.0 Å². The fourth-order valence-electron chi connectivity index (χ4n) is 3.03. The molecule has 4 heteroatoms. The molecule has 0 fully saturated rings. The minimum absolute atomic E-state index is 0.111. The Balaban J connectivity index is 2.94. The largest absolute Gasteiger partial charge is 0.330 e. The molecule has 0 aliphatic heterocycles. The van der Waals surface area contributed by atoms with E-state index in [9.17, 15) is 9.59 Å². The number of hydrogen-bond acceptors (Lipinski definition) is 2. The maximum absolute atomic E-state index is 12.5. The molecule has 1 aromatic heterocycles. The third-order valence-corrected chi connectivity index (χ3v) is 4.48. The van der Waals surface area contributed by atoms with Crippen molar-refractivity contribution in [2.45, 2.75) is 77.6 Å². The van der Waals surface area contributed by atoms with Crippen LogP contribution in [0, 0.1) is 0 Å².